The Bertz CT molecular complexity index is 1280. The Morgan fingerprint density at radius 3 is 2.94 bits per heavy atom. The number of hydrogen-bond donors (Lipinski definition) is 3. The van der Waals surface area contributed by atoms with Crippen LogP contribution in [0.4, 0.5) is 10.1 Å². The molecule has 4 atom stereocenters. The minimum atomic E-state index is -0.970. The molecule has 2 aliphatic heterocycles. The van der Waals surface area contributed by atoms with Gasteiger partial charge in [0.05, 0.1) is 22.8 Å². The van der Waals surface area contributed by atoms with Gasteiger partial charge in [0.2, 0.25) is 5.95 Å². The molecule has 170 valence electrons. The number of allylic oxidation sites excluding steroid dienone is 1. The topological polar surface area (TPSA) is 114 Å². The summed E-state index contributed by atoms with van der Waals surface area (Å²) in [5.41, 5.74) is 1.20. The van der Waals surface area contributed by atoms with Gasteiger partial charge < -0.3 is 20.1 Å². The Kier molecular flexibility index (Phi) is 4.36. The summed E-state index contributed by atoms with van der Waals surface area (Å²) in [6, 6.07) is 4.66. The number of fused-ring (bicyclic) bond motifs is 1. The van der Waals surface area contributed by atoms with Crippen molar-refractivity contribution < 1.29 is 19.4 Å². The molecule has 10 heteroatoms. The molecule has 33 heavy (non-hydrogen) atoms. The number of halogens is 1. The van der Waals surface area contributed by atoms with Gasteiger partial charge in [-0.25, -0.2) is 9.29 Å². The van der Waals surface area contributed by atoms with Gasteiger partial charge in [-0.1, -0.05) is 6.08 Å². The maximum Gasteiger partial charge on any atom is 0.272 e. The molecule has 6 rings (SSSR count). The number of piperidine rings is 2. The average molecular weight is 468 g/mol. The highest BCUT2D eigenvalue weighted by Gasteiger charge is 2.81. The van der Waals surface area contributed by atoms with E-state index in [1.165, 1.54) is 6.07 Å². The third kappa shape index (κ3) is 2.56. The molecule has 4 heterocycles. The molecule has 0 bridgehead atoms. The summed E-state index contributed by atoms with van der Waals surface area (Å²) in [7, 11) is 0. The number of nitrogens with zero attached hydrogens (tertiary/aromatic N) is 4. The summed E-state index contributed by atoms with van der Waals surface area (Å²) in [6.45, 7) is 2.27. The molecule has 0 radical (unpaired) electrons. The SMILES string of the molecule is Cc1c(SN2C3CCC34C2CC4(O)CO)c2n(c1C(=O)Nc1cc(F)nc(C#N)c1)CC=C2. The highest BCUT2D eigenvalue weighted by atomic mass is 32.2. The van der Waals surface area contributed by atoms with Gasteiger partial charge in [-0.3, -0.25) is 4.79 Å². The molecule has 4 aliphatic rings. The molecule has 4 unspecified atom stereocenters. The van der Waals surface area contributed by atoms with Crippen LogP contribution in [0.15, 0.2) is 23.1 Å². The predicted molar refractivity (Wildman–Crippen MR) is 119 cm³/mol. The largest absolute Gasteiger partial charge is 0.393 e. The van der Waals surface area contributed by atoms with Gasteiger partial charge >= 0.3 is 0 Å². The second-order valence-corrected chi connectivity index (χ2v) is 10.3. The number of pyridine rings is 1. The fourth-order valence-electron chi connectivity index (χ4n) is 6.23. The highest BCUT2D eigenvalue weighted by molar-refractivity contribution is 7.97. The van der Waals surface area contributed by atoms with E-state index in [1.807, 2.05) is 23.6 Å². The van der Waals surface area contributed by atoms with Crippen LogP contribution >= 0.6 is 11.9 Å². The van der Waals surface area contributed by atoms with Crippen molar-refractivity contribution >= 4 is 29.6 Å². The van der Waals surface area contributed by atoms with Gasteiger partial charge in [0.25, 0.3) is 5.91 Å². The van der Waals surface area contributed by atoms with Crippen LogP contribution in [0.1, 0.15) is 46.7 Å². The maximum absolute atomic E-state index is 13.7. The Morgan fingerprint density at radius 2 is 2.27 bits per heavy atom. The van der Waals surface area contributed by atoms with Crippen LogP contribution < -0.4 is 5.32 Å². The van der Waals surface area contributed by atoms with Crippen molar-refractivity contribution in [1.82, 2.24) is 13.9 Å². The first-order valence-corrected chi connectivity index (χ1v) is 11.7. The lowest BCUT2D eigenvalue weighted by atomic mass is 9.37. The van der Waals surface area contributed by atoms with Gasteiger partial charge in [0, 0.05) is 35.8 Å². The number of hydrogen-bond acceptors (Lipinski definition) is 7. The first kappa shape index (κ1) is 20.9. The average Bonchev–Trinajstić information content (AvgIpc) is 3.31. The summed E-state index contributed by atoms with van der Waals surface area (Å²) >= 11 is 1.62. The number of aromatic nitrogens is 2. The Morgan fingerprint density at radius 1 is 1.45 bits per heavy atom. The Balaban J connectivity index is 1.28. The summed E-state index contributed by atoms with van der Waals surface area (Å²) in [5, 5.41) is 32.2. The van der Waals surface area contributed by atoms with E-state index in [4.69, 9.17) is 5.26 Å². The molecule has 3 N–H and O–H groups in total. The molecule has 0 aromatic carbocycles. The lowest BCUT2D eigenvalue weighted by Crippen LogP contribution is -2.90. The zero-order valence-electron chi connectivity index (χ0n) is 17.9. The minimum Gasteiger partial charge on any atom is -0.393 e. The van der Waals surface area contributed by atoms with Gasteiger partial charge in [0.1, 0.15) is 17.5 Å². The first-order chi connectivity index (χ1) is 15.8. The van der Waals surface area contributed by atoms with Crippen molar-refractivity contribution in [3.8, 4) is 6.07 Å². The van der Waals surface area contributed by atoms with Crippen LogP contribution in [0, 0.1) is 29.6 Å². The number of aliphatic hydroxyl groups excluding tert-OH is 1. The van der Waals surface area contributed by atoms with Crippen molar-refractivity contribution in [3.05, 3.63) is 46.8 Å². The number of amides is 1. The highest BCUT2D eigenvalue weighted by Crippen LogP contribution is 2.74. The van der Waals surface area contributed by atoms with E-state index in [-0.39, 0.29) is 41.4 Å². The lowest BCUT2D eigenvalue weighted by Gasteiger charge is -2.81. The quantitative estimate of drug-likeness (QED) is 0.457. The fourth-order valence-corrected chi connectivity index (χ4v) is 7.76. The predicted octanol–water partition coefficient (Wildman–Crippen LogP) is 2.45. The van der Waals surface area contributed by atoms with E-state index >= 15 is 0 Å². The molecule has 2 aliphatic carbocycles. The van der Waals surface area contributed by atoms with E-state index in [2.05, 4.69) is 14.6 Å². The van der Waals surface area contributed by atoms with E-state index in [9.17, 15) is 19.4 Å². The third-order valence-electron chi connectivity index (χ3n) is 7.93. The maximum atomic E-state index is 13.7. The molecule has 2 aromatic heterocycles. The smallest absolute Gasteiger partial charge is 0.272 e. The van der Waals surface area contributed by atoms with Crippen LogP contribution in [0.2, 0.25) is 0 Å². The Labute approximate surface area is 193 Å². The molecule has 1 spiro atoms. The number of carbonyl (C=O) groups is 1. The van der Waals surface area contributed by atoms with Crippen molar-refractivity contribution in [3.63, 3.8) is 0 Å². The Hall–Kier alpha value is -2.71. The minimum absolute atomic E-state index is 0.106. The first-order valence-electron chi connectivity index (χ1n) is 10.9. The zero-order chi connectivity index (χ0) is 23.1. The molecular formula is C23H22FN5O3S. The molecule has 2 saturated carbocycles. The van der Waals surface area contributed by atoms with E-state index < -0.39 is 11.5 Å². The van der Waals surface area contributed by atoms with E-state index in [1.54, 1.807) is 18.0 Å². The number of anilines is 1. The monoisotopic (exact) mass is 467 g/mol. The number of aliphatic hydroxyl groups is 2. The standard InChI is InChI=1S/C23H22FN5O3S/c1-12-19(21(31)27-13-7-14(10-25)26-18(24)8-13)28-6-2-3-15(28)20(12)33-29-16-4-5-23(16)17(29)9-22(23,32)11-30/h2-3,7-8,16-17,30,32H,4-6,9,11H2,1H3,(H,26,27,31). The van der Waals surface area contributed by atoms with Crippen molar-refractivity contribution in [2.45, 2.75) is 55.3 Å². The van der Waals surface area contributed by atoms with Gasteiger partial charge in [0.15, 0.2) is 0 Å². The van der Waals surface area contributed by atoms with Crippen molar-refractivity contribution in [2.75, 3.05) is 11.9 Å². The molecule has 1 saturated heterocycles. The fraction of sp³-hybridized carbons (Fsp3) is 0.435. The second kappa shape index (κ2) is 6.90. The molecule has 2 aromatic rings. The van der Waals surface area contributed by atoms with Crippen molar-refractivity contribution in [1.29, 1.82) is 5.26 Å². The normalized spacial score (nSPS) is 30.9. The van der Waals surface area contributed by atoms with Gasteiger partial charge in [-0.15, -0.1) is 0 Å². The zero-order valence-corrected chi connectivity index (χ0v) is 18.7. The summed E-state index contributed by atoms with van der Waals surface area (Å²) in [6.07, 6.45) is 6.47. The van der Waals surface area contributed by atoms with Gasteiger partial charge in [-0.05, 0) is 55.8 Å². The summed E-state index contributed by atoms with van der Waals surface area (Å²) in [4.78, 5) is 17.7. The summed E-state index contributed by atoms with van der Waals surface area (Å²) in [5.74, 6) is -1.21. The lowest BCUT2D eigenvalue weighted by molar-refractivity contribution is -0.348. The molecule has 8 nitrogen and oxygen atoms in total. The number of carbonyl (C=O) groups excluding carboxylic acids is 1. The van der Waals surface area contributed by atoms with Crippen LogP contribution in [-0.4, -0.2) is 54.3 Å². The van der Waals surface area contributed by atoms with Crippen molar-refractivity contribution in [2.24, 2.45) is 5.41 Å². The number of nitrogens with one attached hydrogen (secondary N) is 1. The summed E-state index contributed by atoms with van der Waals surface area (Å²) < 4.78 is 18.0. The van der Waals surface area contributed by atoms with E-state index in [0.29, 0.717) is 18.7 Å². The van der Waals surface area contributed by atoms with Crippen LogP contribution in [-0.2, 0) is 6.54 Å². The molecule has 3 fully saturated rings. The van der Waals surface area contributed by atoms with Gasteiger partial charge in [-0.2, -0.15) is 9.65 Å². The third-order valence-corrected chi connectivity index (χ3v) is 9.34. The molecular weight excluding hydrogens is 445 g/mol. The molecule has 1 amide bonds. The van der Waals surface area contributed by atoms with Crippen LogP contribution in [0.3, 0.4) is 0 Å². The number of rotatable bonds is 5. The second-order valence-electron chi connectivity index (χ2n) is 9.29. The number of nitriles is 1. The van der Waals surface area contributed by atoms with Crippen LogP contribution in [0.25, 0.3) is 6.08 Å². The van der Waals surface area contributed by atoms with E-state index in [0.717, 1.165) is 35.1 Å². The van der Waals surface area contributed by atoms with Crippen LogP contribution in [0.5, 0.6) is 0 Å².